The molecule has 2 N–H and O–H groups in total. The Labute approximate surface area is 164 Å². The van der Waals surface area contributed by atoms with Gasteiger partial charge >= 0.3 is 0 Å². The number of furan rings is 1. The normalized spacial score (nSPS) is 10.5. The van der Waals surface area contributed by atoms with Gasteiger partial charge in [0, 0.05) is 24.1 Å². The van der Waals surface area contributed by atoms with Gasteiger partial charge in [0.15, 0.2) is 0 Å². The van der Waals surface area contributed by atoms with Gasteiger partial charge in [-0.15, -0.1) is 0 Å². The predicted molar refractivity (Wildman–Crippen MR) is 110 cm³/mol. The molecule has 2 amide bonds. The van der Waals surface area contributed by atoms with Crippen LogP contribution in [0, 0.1) is 13.8 Å². The highest BCUT2D eigenvalue weighted by Crippen LogP contribution is 2.22. The van der Waals surface area contributed by atoms with E-state index in [1.54, 1.807) is 0 Å². The quantitative estimate of drug-likeness (QED) is 0.647. The maximum absolute atomic E-state index is 12.1. The van der Waals surface area contributed by atoms with Crippen molar-refractivity contribution in [1.82, 2.24) is 5.32 Å². The molecule has 1 aromatic heterocycles. The Balaban J connectivity index is 1.45. The zero-order valence-corrected chi connectivity index (χ0v) is 16.1. The Kier molecular flexibility index (Phi) is 6.27. The second kappa shape index (κ2) is 9.04. The molecule has 2 aromatic carbocycles. The van der Waals surface area contributed by atoms with E-state index < -0.39 is 0 Å². The summed E-state index contributed by atoms with van der Waals surface area (Å²) < 4.78 is 5.79. The molecule has 144 valence electrons. The summed E-state index contributed by atoms with van der Waals surface area (Å²) >= 11 is 0. The minimum Gasteiger partial charge on any atom is -0.461 e. The second-order valence-corrected chi connectivity index (χ2v) is 6.72. The van der Waals surface area contributed by atoms with Crippen molar-refractivity contribution in [2.75, 3.05) is 11.9 Å². The molecule has 5 heteroatoms. The van der Waals surface area contributed by atoms with Crippen LogP contribution in [0.15, 0.2) is 65.1 Å². The number of aryl methyl sites for hydroxylation is 3. The predicted octanol–water partition coefficient (Wildman–Crippen LogP) is 4.25. The summed E-state index contributed by atoms with van der Waals surface area (Å²) in [6.45, 7) is 3.82. The fraction of sp³-hybridized carbons (Fsp3) is 0.217. The maximum Gasteiger partial charge on any atom is 0.243 e. The number of carbonyl (C=O) groups excluding carboxylic acids is 2. The van der Waals surface area contributed by atoms with Gasteiger partial charge in [-0.05, 0) is 37.1 Å². The molecule has 5 nitrogen and oxygen atoms in total. The number of nitrogens with one attached hydrogen (secondary N) is 2. The molecule has 0 bridgehead atoms. The smallest absolute Gasteiger partial charge is 0.243 e. The van der Waals surface area contributed by atoms with E-state index in [0.717, 1.165) is 33.9 Å². The molecule has 0 saturated carbocycles. The molecule has 0 aliphatic carbocycles. The summed E-state index contributed by atoms with van der Waals surface area (Å²) in [4.78, 5) is 24.2. The molecular formula is C23H24N2O3. The van der Waals surface area contributed by atoms with Gasteiger partial charge in [-0.2, -0.15) is 0 Å². The molecule has 0 spiro atoms. The van der Waals surface area contributed by atoms with Crippen molar-refractivity contribution in [1.29, 1.82) is 0 Å². The highest BCUT2D eigenvalue weighted by atomic mass is 16.3. The van der Waals surface area contributed by atoms with E-state index in [1.165, 1.54) is 0 Å². The lowest BCUT2D eigenvalue weighted by Crippen LogP contribution is -2.33. The molecule has 0 aliphatic rings. The molecule has 0 unspecified atom stereocenters. The number of amides is 2. The van der Waals surface area contributed by atoms with Gasteiger partial charge < -0.3 is 15.1 Å². The van der Waals surface area contributed by atoms with E-state index in [-0.39, 0.29) is 24.8 Å². The van der Waals surface area contributed by atoms with Gasteiger partial charge in [0.2, 0.25) is 11.8 Å². The van der Waals surface area contributed by atoms with Gasteiger partial charge in [-0.1, -0.05) is 48.5 Å². The van der Waals surface area contributed by atoms with E-state index in [0.29, 0.717) is 6.42 Å². The standard InChI is InChI=1S/C23H24N2O3/c1-16-7-6-8-17(2)23(16)25-22(27)15-24-21(26)14-12-19-11-13-20(28-19)18-9-4-3-5-10-18/h3-11,13H,12,14-15H2,1-2H3,(H,24,26)(H,25,27). The molecule has 0 fully saturated rings. The number of benzene rings is 2. The summed E-state index contributed by atoms with van der Waals surface area (Å²) in [5.41, 5.74) is 3.78. The number of hydrogen-bond acceptors (Lipinski definition) is 3. The van der Waals surface area contributed by atoms with Crippen LogP contribution in [0.1, 0.15) is 23.3 Å². The van der Waals surface area contributed by atoms with E-state index >= 15 is 0 Å². The van der Waals surface area contributed by atoms with Crippen LogP contribution in [-0.2, 0) is 16.0 Å². The lowest BCUT2D eigenvalue weighted by molar-refractivity contribution is -0.124. The minimum atomic E-state index is -0.241. The molecule has 0 atom stereocenters. The number of carbonyl (C=O) groups is 2. The first-order valence-corrected chi connectivity index (χ1v) is 9.30. The van der Waals surface area contributed by atoms with Crippen LogP contribution in [0.2, 0.25) is 0 Å². The van der Waals surface area contributed by atoms with Crippen LogP contribution in [0.4, 0.5) is 5.69 Å². The summed E-state index contributed by atoms with van der Waals surface area (Å²) in [5, 5.41) is 5.51. The van der Waals surface area contributed by atoms with Gasteiger partial charge in [0.1, 0.15) is 11.5 Å². The third-order valence-corrected chi connectivity index (χ3v) is 4.51. The first kappa shape index (κ1) is 19.4. The summed E-state index contributed by atoms with van der Waals surface area (Å²) in [7, 11) is 0. The zero-order valence-electron chi connectivity index (χ0n) is 16.1. The highest BCUT2D eigenvalue weighted by Gasteiger charge is 2.10. The molecule has 3 rings (SSSR count). The van der Waals surface area contributed by atoms with Crippen molar-refractivity contribution in [2.24, 2.45) is 0 Å². The zero-order chi connectivity index (χ0) is 19.9. The molecule has 0 saturated heterocycles. The van der Waals surface area contributed by atoms with Gasteiger partial charge in [-0.25, -0.2) is 0 Å². The molecular weight excluding hydrogens is 352 g/mol. The summed E-state index contributed by atoms with van der Waals surface area (Å²) in [5.74, 6) is 1.10. The van der Waals surface area contributed by atoms with Crippen LogP contribution in [0.3, 0.4) is 0 Å². The third kappa shape index (κ3) is 5.10. The van der Waals surface area contributed by atoms with Crippen molar-refractivity contribution in [3.8, 4) is 11.3 Å². The molecule has 0 radical (unpaired) electrons. The number of rotatable bonds is 7. The fourth-order valence-corrected chi connectivity index (χ4v) is 2.97. The molecule has 0 aliphatic heterocycles. The number of para-hydroxylation sites is 1. The maximum atomic E-state index is 12.1. The Hall–Kier alpha value is -3.34. The fourth-order valence-electron chi connectivity index (χ4n) is 2.97. The Morgan fingerprint density at radius 2 is 1.57 bits per heavy atom. The first-order valence-electron chi connectivity index (χ1n) is 9.30. The van der Waals surface area contributed by atoms with Crippen molar-refractivity contribution in [2.45, 2.75) is 26.7 Å². The van der Waals surface area contributed by atoms with E-state index in [4.69, 9.17) is 4.42 Å². The van der Waals surface area contributed by atoms with Gasteiger partial charge in [0.25, 0.3) is 0 Å². The monoisotopic (exact) mass is 376 g/mol. The van der Waals surface area contributed by atoms with Gasteiger partial charge in [0.05, 0.1) is 6.54 Å². The Bertz CT molecular complexity index is 941. The van der Waals surface area contributed by atoms with E-state index in [1.807, 2.05) is 74.5 Å². The molecule has 3 aromatic rings. The molecule has 1 heterocycles. The first-order chi connectivity index (χ1) is 13.5. The van der Waals surface area contributed by atoms with Crippen molar-refractivity contribution in [3.63, 3.8) is 0 Å². The Morgan fingerprint density at radius 1 is 0.857 bits per heavy atom. The largest absolute Gasteiger partial charge is 0.461 e. The van der Waals surface area contributed by atoms with Crippen LogP contribution in [0.5, 0.6) is 0 Å². The Morgan fingerprint density at radius 3 is 2.29 bits per heavy atom. The lowest BCUT2D eigenvalue weighted by Gasteiger charge is -2.11. The van der Waals surface area contributed by atoms with Gasteiger partial charge in [-0.3, -0.25) is 9.59 Å². The van der Waals surface area contributed by atoms with Crippen LogP contribution in [-0.4, -0.2) is 18.4 Å². The number of anilines is 1. The van der Waals surface area contributed by atoms with Crippen molar-refractivity contribution in [3.05, 3.63) is 77.6 Å². The molecule has 28 heavy (non-hydrogen) atoms. The topological polar surface area (TPSA) is 71.3 Å². The average molecular weight is 376 g/mol. The lowest BCUT2D eigenvalue weighted by atomic mass is 10.1. The third-order valence-electron chi connectivity index (χ3n) is 4.51. The summed E-state index contributed by atoms with van der Waals surface area (Å²) in [6, 6.07) is 19.4. The highest BCUT2D eigenvalue weighted by molar-refractivity contribution is 5.95. The minimum absolute atomic E-state index is 0.0555. The van der Waals surface area contributed by atoms with Crippen molar-refractivity contribution >= 4 is 17.5 Å². The van der Waals surface area contributed by atoms with Crippen LogP contribution >= 0.6 is 0 Å². The van der Waals surface area contributed by atoms with Crippen molar-refractivity contribution < 1.29 is 14.0 Å². The SMILES string of the molecule is Cc1cccc(C)c1NC(=O)CNC(=O)CCc1ccc(-c2ccccc2)o1. The second-order valence-electron chi connectivity index (χ2n) is 6.72. The summed E-state index contributed by atoms with van der Waals surface area (Å²) in [6.07, 6.45) is 0.746. The van der Waals surface area contributed by atoms with E-state index in [2.05, 4.69) is 10.6 Å². The van der Waals surface area contributed by atoms with Crippen LogP contribution < -0.4 is 10.6 Å². The number of hydrogen-bond donors (Lipinski definition) is 2. The van der Waals surface area contributed by atoms with Crippen LogP contribution in [0.25, 0.3) is 11.3 Å². The van der Waals surface area contributed by atoms with E-state index in [9.17, 15) is 9.59 Å². The average Bonchev–Trinajstić information content (AvgIpc) is 3.17.